The van der Waals surface area contributed by atoms with Crippen LogP contribution in [0.1, 0.15) is 30.9 Å². The molecule has 0 fully saturated rings. The van der Waals surface area contributed by atoms with Gasteiger partial charge in [-0.05, 0) is 65.9 Å². The van der Waals surface area contributed by atoms with Crippen molar-refractivity contribution in [3.05, 3.63) is 107 Å². The Bertz CT molecular complexity index is 917. The van der Waals surface area contributed by atoms with E-state index in [-0.39, 0.29) is 17.7 Å². The molecule has 0 heterocycles. The van der Waals surface area contributed by atoms with Crippen LogP contribution < -0.4 is 4.74 Å². The van der Waals surface area contributed by atoms with E-state index in [1.165, 1.54) is 0 Å². The molecule has 0 saturated heterocycles. The minimum Gasteiger partial charge on any atom is -0.457 e. The van der Waals surface area contributed by atoms with Gasteiger partial charge in [-0.2, -0.15) is 0 Å². The third kappa shape index (κ3) is 5.46. The number of hydrogen-bond acceptors (Lipinski definition) is 1. The van der Waals surface area contributed by atoms with Crippen molar-refractivity contribution >= 4 is 11.6 Å². The Hall–Kier alpha value is -2.58. The third-order valence-corrected chi connectivity index (χ3v) is 4.85. The molecule has 0 aromatic heterocycles. The Kier molecular flexibility index (Phi) is 6.89. The lowest BCUT2D eigenvalue weighted by Crippen LogP contribution is -2.08. The van der Waals surface area contributed by atoms with E-state index in [1.54, 1.807) is 6.08 Å². The van der Waals surface area contributed by atoms with Gasteiger partial charge in [0.25, 0.3) is 0 Å². The van der Waals surface area contributed by atoms with Gasteiger partial charge in [0, 0.05) is 10.9 Å². The molecular formula is C25H24ClFO. The van der Waals surface area contributed by atoms with Crippen LogP contribution in [0.25, 0.3) is 0 Å². The van der Waals surface area contributed by atoms with Crippen molar-refractivity contribution in [1.82, 2.24) is 0 Å². The second kappa shape index (κ2) is 9.57. The lowest BCUT2D eigenvalue weighted by molar-refractivity contribution is 0.452. The first-order valence-electron chi connectivity index (χ1n) is 9.46. The standard InChI is InChI=1S/C25H24ClFO/c1-18(2)25(20-12-14-21(26)15-13-20)24(27)16-11-19-7-6-10-23(17-19)28-22-8-4-3-5-9-22/h3-10,12-18,25H,11H2,1-2H3/t25-/m1/s1. The van der Waals surface area contributed by atoms with Crippen molar-refractivity contribution in [1.29, 1.82) is 0 Å². The Morgan fingerprint density at radius 2 is 1.61 bits per heavy atom. The number of halogens is 2. The molecule has 3 aromatic carbocycles. The molecule has 0 radical (unpaired) electrons. The number of hydrogen-bond donors (Lipinski definition) is 0. The van der Waals surface area contributed by atoms with Gasteiger partial charge in [0.1, 0.15) is 17.3 Å². The fourth-order valence-electron chi connectivity index (χ4n) is 3.24. The summed E-state index contributed by atoms with van der Waals surface area (Å²) in [6.07, 6.45) is 2.18. The van der Waals surface area contributed by atoms with Crippen LogP contribution in [-0.2, 0) is 6.42 Å². The summed E-state index contributed by atoms with van der Waals surface area (Å²) >= 11 is 5.97. The quantitative estimate of drug-likeness (QED) is 0.394. The lowest BCUT2D eigenvalue weighted by Gasteiger charge is -2.20. The summed E-state index contributed by atoms with van der Waals surface area (Å²) in [6, 6.07) is 24.8. The Morgan fingerprint density at radius 3 is 2.29 bits per heavy atom. The molecule has 0 amide bonds. The first-order chi connectivity index (χ1) is 13.5. The second-order valence-electron chi connectivity index (χ2n) is 7.13. The van der Waals surface area contributed by atoms with Crippen molar-refractivity contribution < 1.29 is 9.13 Å². The van der Waals surface area contributed by atoms with Gasteiger partial charge in [0.05, 0.1) is 0 Å². The molecule has 28 heavy (non-hydrogen) atoms. The maximum absolute atomic E-state index is 15.0. The molecule has 0 unspecified atom stereocenters. The van der Waals surface area contributed by atoms with Crippen LogP contribution in [0.15, 0.2) is 90.8 Å². The molecule has 1 nitrogen and oxygen atoms in total. The zero-order valence-corrected chi connectivity index (χ0v) is 16.9. The van der Waals surface area contributed by atoms with Gasteiger partial charge in [-0.15, -0.1) is 0 Å². The van der Waals surface area contributed by atoms with Crippen molar-refractivity contribution in [2.24, 2.45) is 5.92 Å². The smallest absolute Gasteiger partial charge is 0.127 e. The molecule has 3 aromatic rings. The summed E-state index contributed by atoms with van der Waals surface area (Å²) in [6.45, 7) is 4.06. The van der Waals surface area contributed by atoms with Crippen LogP contribution in [0.3, 0.4) is 0 Å². The lowest BCUT2D eigenvalue weighted by atomic mass is 9.87. The van der Waals surface area contributed by atoms with E-state index in [1.807, 2.05) is 92.7 Å². The minimum absolute atomic E-state index is 0.119. The van der Waals surface area contributed by atoms with E-state index in [2.05, 4.69) is 0 Å². The molecule has 0 aliphatic rings. The van der Waals surface area contributed by atoms with Gasteiger partial charge >= 0.3 is 0 Å². The molecule has 144 valence electrons. The fraction of sp³-hybridized carbons (Fsp3) is 0.200. The van der Waals surface area contributed by atoms with Crippen LogP contribution in [0, 0.1) is 5.92 Å². The molecule has 3 rings (SSSR count). The largest absolute Gasteiger partial charge is 0.457 e. The van der Waals surface area contributed by atoms with Gasteiger partial charge in [-0.3, -0.25) is 0 Å². The second-order valence-corrected chi connectivity index (χ2v) is 7.57. The van der Waals surface area contributed by atoms with E-state index in [9.17, 15) is 0 Å². The van der Waals surface area contributed by atoms with Crippen molar-refractivity contribution in [2.75, 3.05) is 0 Å². The average Bonchev–Trinajstić information content (AvgIpc) is 2.69. The predicted octanol–water partition coefficient (Wildman–Crippen LogP) is 7.97. The van der Waals surface area contributed by atoms with Crippen LogP contribution in [0.2, 0.25) is 5.02 Å². The van der Waals surface area contributed by atoms with Crippen LogP contribution in [-0.4, -0.2) is 0 Å². The highest BCUT2D eigenvalue weighted by Crippen LogP contribution is 2.33. The topological polar surface area (TPSA) is 9.23 Å². The van der Waals surface area contributed by atoms with Crippen LogP contribution >= 0.6 is 11.6 Å². The highest BCUT2D eigenvalue weighted by Gasteiger charge is 2.20. The Morgan fingerprint density at radius 1 is 0.929 bits per heavy atom. The number of ether oxygens (including phenoxy) is 1. The van der Waals surface area contributed by atoms with E-state index in [0.29, 0.717) is 11.4 Å². The molecule has 1 atom stereocenters. The fourth-order valence-corrected chi connectivity index (χ4v) is 3.36. The first kappa shape index (κ1) is 20.2. The first-order valence-corrected chi connectivity index (χ1v) is 9.83. The maximum atomic E-state index is 15.0. The van der Waals surface area contributed by atoms with Crippen molar-refractivity contribution in [3.8, 4) is 11.5 Å². The summed E-state index contributed by atoms with van der Waals surface area (Å²) in [5.74, 6) is 1.28. The monoisotopic (exact) mass is 394 g/mol. The average molecular weight is 395 g/mol. The summed E-state index contributed by atoms with van der Waals surface area (Å²) in [5.41, 5.74) is 1.94. The van der Waals surface area contributed by atoms with Crippen molar-refractivity contribution in [2.45, 2.75) is 26.2 Å². The molecule has 0 saturated carbocycles. The van der Waals surface area contributed by atoms with Gasteiger partial charge < -0.3 is 4.74 Å². The van der Waals surface area contributed by atoms with Crippen LogP contribution in [0.4, 0.5) is 4.39 Å². The highest BCUT2D eigenvalue weighted by molar-refractivity contribution is 6.30. The minimum atomic E-state index is -0.277. The van der Waals surface area contributed by atoms with E-state index in [4.69, 9.17) is 16.3 Å². The zero-order chi connectivity index (χ0) is 19.9. The molecule has 0 spiro atoms. The molecule has 3 heteroatoms. The predicted molar refractivity (Wildman–Crippen MR) is 115 cm³/mol. The maximum Gasteiger partial charge on any atom is 0.127 e. The molecule has 0 aliphatic carbocycles. The van der Waals surface area contributed by atoms with Gasteiger partial charge in [-0.1, -0.05) is 67.9 Å². The highest BCUT2D eigenvalue weighted by atomic mass is 35.5. The van der Waals surface area contributed by atoms with Crippen LogP contribution in [0.5, 0.6) is 11.5 Å². The summed E-state index contributed by atoms with van der Waals surface area (Å²) in [4.78, 5) is 0. The van der Waals surface area contributed by atoms with E-state index in [0.717, 1.165) is 22.6 Å². The number of para-hydroxylation sites is 1. The number of benzene rings is 3. The Labute approximate surface area is 171 Å². The normalized spacial score (nSPS) is 12.8. The van der Waals surface area contributed by atoms with Gasteiger partial charge in [0.15, 0.2) is 0 Å². The molecular weight excluding hydrogens is 371 g/mol. The van der Waals surface area contributed by atoms with Crippen molar-refractivity contribution in [3.63, 3.8) is 0 Å². The summed E-state index contributed by atoms with van der Waals surface area (Å²) in [7, 11) is 0. The SMILES string of the molecule is CC(C)[C@@H](C(F)=CCc1cccc(Oc2ccccc2)c1)c1ccc(Cl)cc1. The molecule has 0 N–H and O–H groups in total. The Balaban J connectivity index is 1.74. The van der Waals surface area contributed by atoms with E-state index < -0.39 is 0 Å². The zero-order valence-electron chi connectivity index (χ0n) is 16.1. The third-order valence-electron chi connectivity index (χ3n) is 4.60. The number of rotatable bonds is 7. The summed E-state index contributed by atoms with van der Waals surface area (Å²) < 4.78 is 20.9. The number of allylic oxidation sites excluding steroid dienone is 2. The van der Waals surface area contributed by atoms with Gasteiger partial charge in [-0.25, -0.2) is 4.39 Å². The summed E-state index contributed by atoms with van der Waals surface area (Å²) in [5, 5.41) is 0.658. The molecule has 0 bridgehead atoms. The molecule has 0 aliphatic heterocycles. The van der Waals surface area contributed by atoms with Gasteiger partial charge in [0.2, 0.25) is 0 Å². The van der Waals surface area contributed by atoms with E-state index >= 15 is 4.39 Å².